The lowest BCUT2D eigenvalue weighted by atomic mass is 9.99. The Balaban J connectivity index is 1.63. The second-order valence-corrected chi connectivity index (χ2v) is 7.34. The molecule has 0 spiro atoms. The third-order valence-corrected chi connectivity index (χ3v) is 5.23. The Morgan fingerprint density at radius 1 is 1.00 bits per heavy atom. The van der Waals surface area contributed by atoms with Gasteiger partial charge in [-0.1, -0.05) is 67.9 Å². The van der Waals surface area contributed by atoms with Crippen molar-refractivity contribution in [2.75, 3.05) is 11.9 Å². The van der Waals surface area contributed by atoms with Gasteiger partial charge in [-0.2, -0.15) is 0 Å². The highest BCUT2D eigenvalue weighted by Gasteiger charge is 2.12. The quantitative estimate of drug-likeness (QED) is 0.375. The number of nitrogens with zero attached hydrogens (tertiary/aromatic N) is 2. The number of rotatable bonds is 8. The number of hydrogen-bond acceptors (Lipinski definition) is 3. The smallest absolute Gasteiger partial charge is 0.336 e. The summed E-state index contributed by atoms with van der Waals surface area (Å²) in [5.74, 6) is -0.0349. The van der Waals surface area contributed by atoms with Crippen LogP contribution in [0.4, 0.5) is 5.95 Å². The predicted octanol–water partition coefficient (Wildman–Crippen LogP) is 5.66. The lowest BCUT2D eigenvalue weighted by Crippen LogP contribution is -2.09. The molecule has 5 nitrogen and oxygen atoms in total. The number of unbranched alkanes of at least 4 members (excludes halogenated alkanes) is 1. The molecule has 0 fully saturated rings. The molecular weight excluding hydrogens is 374 g/mol. The Labute approximate surface area is 176 Å². The van der Waals surface area contributed by atoms with E-state index >= 15 is 0 Å². The van der Waals surface area contributed by atoms with Gasteiger partial charge in [0.05, 0.1) is 23.1 Å². The molecule has 152 valence electrons. The Morgan fingerprint density at radius 3 is 2.50 bits per heavy atom. The van der Waals surface area contributed by atoms with Crippen LogP contribution in [0.3, 0.4) is 0 Å². The predicted molar refractivity (Wildman–Crippen MR) is 121 cm³/mol. The van der Waals surface area contributed by atoms with E-state index in [4.69, 9.17) is 4.98 Å². The van der Waals surface area contributed by atoms with Crippen LogP contribution < -0.4 is 5.32 Å². The zero-order valence-corrected chi connectivity index (χ0v) is 17.0. The van der Waals surface area contributed by atoms with Gasteiger partial charge in [-0.25, -0.2) is 9.78 Å². The molecule has 0 aliphatic rings. The van der Waals surface area contributed by atoms with Crippen LogP contribution in [0.5, 0.6) is 0 Å². The first-order valence-electron chi connectivity index (χ1n) is 10.3. The molecule has 4 aromatic rings. The molecule has 0 saturated heterocycles. The molecule has 1 heterocycles. The highest BCUT2D eigenvalue weighted by molar-refractivity contribution is 5.96. The zero-order valence-electron chi connectivity index (χ0n) is 17.0. The Kier molecular flexibility index (Phi) is 5.80. The highest BCUT2D eigenvalue weighted by Crippen LogP contribution is 2.26. The Bertz CT molecular complexity index is 1160. The standard InChI is InChI=1S/C25H25N3O2/c1-2-3-16-26-25-27-22-10-6-7-11-23(22)28(25)17-18-12-14-19(15-13-18)20-8-4-5-9-21(20)24(29)30/h4-15H,2-3,16-17H2,1H3,(H,26,27)(H,29,30). The van der Waals surface area contributed by atoms with Crippen LogP contribution in [-0.2, 0) is 6.54 Å². The van der Waals surface area contributed by atoms with Crippen LogP contribution in [0.25, 0.3) is 22.2 Å². The van der Waals surface area contributed by atoms with E-state index < -0.39 is 5.97 Å². The van der Waals surface area contributed by atoms with Crippen molar-refractivity contribution in [3.05, 3.63) is 83.9 Å². The van der Waals surface area contributed by atoms with Crippen LogP contribution in [0.2, 0.25) is 0 Å². The second-order valence-electron chi connectivity index (χ2n) is 7.34. The normalized spacial score (nSPS) is 11.0. The van der Waals surface area contributed by atoms with Crippen molar-refractivity contribution in [1.29, 1.82) is 0 Å². The molecule has 0 saturated carbocycles. The molecule has 0 radical (unpaired) electrons. The fraction of sp³-hybridized carbons (Fsp3) is 0.200. The number of carboxylic acid groups (broad SMARTS) is 1. The third kappa shape index (κ3) is 4.06. The van der Waals surface area contributed by atoms with Gasteiger partial charge in [-0.05, 0) is 41.3 Å². The first-order valence-corrected chi connectivity index (χ1v) is 10.3. The fourth-order valence-corrected chi connectivity index (χ4v) is 3.64. The molecule has 5 heteroatoms. The summed E-state index contributed by atoms with van der Waals surface area (Å²) in [7, 11) is 0. The third-order valence-electron chi connectivity index (χ3n) is 5.23. The summed E-state index contributed by atoms with van der Waals surface area (Å²) in [5, 5.41) is 12.9. The molecule has 0 aliphatic heterocycles. The number of aromatic carboxylic acids is 1. The number of carbonyl (C=O) groups is 1. The maximum atomic E-state index is 11.5. The summed E-state index contributed by atoms with van der Waals surface area (Å²) in [6.07, 6.45) is 2.23. The van der Waals surface area contributed by atoms with Crippen LogP contribution >= 0.6 is 0 Å². The average Bonchev–Trinajstić information content (AvgIpc) is 3.12. The van der Waals surface area contributed by atoms with Gasteiger partial charge in [0.1, 0.15) is 0 Å². The zero-order chi connectivity index (χ0) is 20.9. The lowest BCUT2D eigenvalue weighted by Gasteiger charge is -2.12. The molecule has 1 aromatic heterocycles. The van der Waals surface area contributed by atoms with Gasteiger partial charge in [-0.3, -0.25) is 0 Å². The molecule has 4 rings (SSSR count). The summed E-state index contributed by atoms with van der Waals surface area (Å²) in [5.41, 5.74) is 5.14. The minimum Gasteiger partial charge on any atom is -0.478 e. The monoisotopic (exact) mass is 399 g/mol. The molecule has 30 heavy (non-hydrogen) atoms. The number of carboxylic acids is 1. The van der Waals surface area contributed by atoms with Crippen molar-refractivity contribution in [1.82, 2.24) is 9.55 Å². The van der Waals surface area contributed by atoms with Crippen molar-refractivity contribution >= 4 is 23.0 Å². The topological polar surface area (TPSA) is 67.2 Å². The number of para-hydroxylation sites is 2. The van der Waals surface area contributed by atoms with Crippen molar-refractivity contribution in [3.8, 4) is 11.1 Å². The van der Waals surface area contributed by atoms with Gasteiger partial charge in [0.2, 0.25) is 5.95 Å². The summed E-state index contributed by atoms with van der Waals surface area (Å²) in [6, 6.07) is 23.3. The molecule has 2 N–H and O–H groups in total. The first kappa shape index (κ1) is 19.7. The average molecular weight is 399 g/mol. The van der Waals surface area contributed by atoms with E-state index in [9.17, 15) is 9.90 Å². The Morgan fingerprint density at radius 2 is 1.73 bits per heavy atom. The largest absolute Gasteiger partial charge is 0.478 e. The van der Waals surface area contributed by atoms with Crippen molar-refractivity contribution in [3.63, 3.8) is 0 Å². The van der Waals surface area contributed by atoms with E-state index in [-0.39, 0.29) is 0 Å². The van der Waals surface area contributed by atoms with Gasteiger partial charge in [-0.15, -0.1) is 0 Å². The molecular formula is C25H25N3O2. The van der Waals surface area contributed by atoms with E-state index in [1.807, 2.05) is 42.5 Å². The maximum absolute atomic E-state index is 11.5. The number of anilines is 1. The van der Waals surface area contributed by atoms with Crippen LogP contribution in [0.1, 0.15) is 35.7 Å². The van der Waals surface area contributed by atoms with Gasteiger partial charge in [0.25, 0.3) is 0 Å². The van der Waals surface area contributed by atoms with Crippen molar-refractivity contribution in [2.45, 2.75) is 26.3 Å². The summed E-state index contributed by atoms with van der Waals surface area (Å²) < 4.78 is 2.20. The number of aromatic nitrogens is 2. The van der Waals surface area contributed by atoms with Gasteiger partial charge in [0.15, 0.2) is 0 Å². The SMILES string of the molecule is CCCCNc1nc2ccccc2n1Cc1ccc(-c2ccccc2C(=O)O)cc1. The molecule has 0 aliphatic carbocycles. The summed E-state index contributed by atoms with van der Waals surface area (Å²) >= 11 is 0. The van der Waals surface area contributed by atoms with Crippen molar-refractivity contribution < 1.29 is 9.90 Å². The second kappa shape index (κ2) is 8.82. The van der Waals surface area contributed by atoms with E-state index in [1.54, 1.807) is 12.1 Å². The van der Waals surface area contributed by atoms with Gasteiger partial charge in [0, 0.05) is 6.54 Å². The number of nitrogens with one attached hydrogen (secondary N) is 1. The van der Waals surface area contributed by atoms with E-state index in [1.165, 1.54) is 0 Å². The molecule has 3 aromatic carbocycles. The molecule has 0 atom stereocenters. The summed E-state index contributed by atoms with van der Waals surface area (Å²) in [4.78, 5) is 16.3. The van der Waals surface area contributed by atoms with Gasteiger partial charge < -0.3 is 15.0 Å². The molecule has 0 unspecified atom stereocenters. The number of imidazole rings is 1. The minimum absolute atomic E-state index is 0.313. The minimum atomic E-state index is -0.914. The van der Waals surface area contributed by atoms with E-state index in [0.717, 1.165) is 53.1 Å². The maximum Gasteiger partial charge on any atom is 0.336 e. The molecule has 0 bridgehead atoms. The van der Waals surface area contributed by atoms with E-state index in [0.29, 0.717) is 12.1 Å². The van der Waals surface area contributed by atoms with Crippen LogP contribution in [0, 0.1) is 0 Å². The van der Waals surface area contributed by atoms with Gasteiger partial charge >= 0.3 is 5.97 Å². The van der Waals surface area contributed by atoms with Crippen molar-refractivity contribution in [2.24, 2.45) is 0 Å². The first-order chi connectivity index (χ1) is 14.7. The van der Waals surface area contributed by atoms with Crippen LogP contribution in [0.15, 0.2) is 72.8 Å². The fourth-order valence-electron chi connectivity index (χ4n) is 3.64. The number of fused-ring (bicyclic) bond motifs is 1. The number of hydrogen-bond donors (Lipinski definition) is 2. The lowest BCUT2D eigenvalue weighted by molar-refractivity contribution is 0.0697. The Hall–Kier alpha value is -3.60. The van der Waals surface area contributed by atoms with Crippen LogP contribution in [-0.4, -0.2) is 27.2 Å². The highest BCUT2D eigenvalue weighted by atomic mass is 16.4. The molecule has 0 amide bonds. The van der Waals surface area contributed by atoms with E-state index in [2.05, 4.69) is 35.0 Å². The number of benzene rings is 3. The summed E-state index contributed by atoms with van der Waals surface area (Å²) in [6.45, 7) is 3.76.